The molecule has 3 nitrogen and oxygen atoms in total. The van der Waals surface area contributed by atoms with Crippen LogP contribution in [-0.2, 0) is 0 Å². The number of rotatable bonds is 3. The summed E-state index contributed by atoms with van der Waals surface area (Å²) in [5.74, 6) is 0. The first-order valence-electron chi connectivity index (χ1n) is 2.41. The van der Waals surface area contributed by atoms with Crippen molar-refractivity contribution in [1.82, 2.24) is 0 Å². The minimum absolute atomic E-state index is 0. The van der Waals surface area contributed by atoms with Crippen LogP contribution in [0.5, 0.6) is 0 Å². The zero-order valence-corrected chi connectivity index (χ0v) is 5.84. The molecule has 4 heteroatoms. The van der Waals surface area contributed by atoms with E-state index in [1.165, 1.54) is 6.08 Å². The van der Waals surface area contributed by atoms with Gasteiger partial charge in [-0.3, -0.25) is 0 Å². The average Bonchev–Trinajstić information content (AvgIpc) is 1.84. The highest BCUT2D eigenvalue weighted by Gasteiger charge is 2.08. The molecular weight excluding hydrogens is 142 g/mol. The number of hydrogen-bond acceptors (Lipinski definition) is 3. The van der Waals surface area contributed by atoms with E-state index in [2.05, 4.69) is 6.58 Å². The summed E-state index contributed by atoms with van der Waals surface area (Å²) in [7, 11) is 0. The number of nitrogens with two attached hydrogens (primary N) is 1. The molecule has 0 heterocycles. The minimum Gasteiger partial charge on any atom is -0.389 e. The molecule has 9 heavy (non-hydrogen) atoms. The Labute approximate surface area is 60.6 Å². The summed E-state index contributed by atoms with van der Waals surface area (Å²) in [5, 5.41) is 17.4. The quantitative estimate of drug-likeness (QED) is 0.469. The van der Waals surface area contributed by atoms with Crippen LogP contribution in [0.25, 0.3) is 0 Å². The molecule has 56 valence electrons. The third kappa shape index (κ3) is 4.42. The summed E-state index contributed by atoms with van der Waals surface area (Å²) in [6, 6.07) is 0. The third-order valence-electron chi connectivity index (χ3n) is 0.877. The first kappa shape index (κ1) is 11.7. The summed E-state index contributed by atoms with van der Waals surface area (Å²) in [4.78, 5) is 0. The van der Waals surface area contributed by atoms with Gasteiger partial charge >= 0.3 is 0 Å². The first-order chi connectivity index (χ1) is 3.72. The van der Waals surface area contributed by atoms with Crippen LogP contribution < -0.4 is 5.73 Å². The van der Waals surface area contributed by atoms with Gasteiger partial charge in [-0.1, -0.05) is 6.08 Å². The van der Waals surface area contributed by atoms with E-state index in [0.717, 1.165) is 0 Å². The van der Waals surface area contributed by atoms with E-state index in [9.17, 15) is 0 Å². The molecule has 0 bridgehead atoms. The Kier molecular flexibility index (Phi) is 7.83. The molecule has 0 saturated heterocycles. The number of aliphatic hydroxyl groups is 2. The van der Waals surface area contributed by atoms with Gasteiger partial charge in [-0.2, -0.15) is 0 Å². The molecule has 4 N–H and O–H groups in total. The molecule has 0 aliphatic rings. The second-order valence-corrected chi connectivity index (χ2v) is 1.53. The van der Waals surface area contributed by atoms with Gasteiger partial charge in [-0.05, 0) is 0 Å². The molecule has 0 aromatic heterocycles. The Bertz CT molecular complexity index is 79.4. The van der Waals surface area contributed by atoms with Crippen LogP contribution >= 0.6 is 12.4 Å². The number of halogens is 1. The summed E-state index contributed by atoms with van der Waals surface area (Å²) >= 11 is 0. The van der Waals surface area contributed by atoms with Crippen LogP contribution in [0, 0.1) is 0 Å². The van der Waals surface area contributed by atoms with Crippen molar-refractivity contribution in [3.8, 4) is 0 Å². The van der Waals surface area contributed by atoms with E-state index in [1.807, 2.05) is 0 Å². The molecule has 0 aliphatic heterocycles. The lowest BCUT2D eigenvalue weighted by Crippen LogP contribution is -2.31. The molecule has 0 spiro atoms. The van der Waals surface area contributed by atoms with Crippen molar-refractivity contribution >= 4 is 12.4 Å². The summed E-state index contributed by atoms with van der Waals surface area (Å²) < 4.78 is 0. The SMILES string of the molecule is C=C[C@H](O)[C@H](O)CN.Cl. The van der Waals surface area contributed by atoms with Crippen LogP contribution in [0.2, 0.25) is 0 Å². The Morgan fingerprint density at radius 1 is 1.56 bits per heavy atom. The lowest BCUT2D eigenvalue weighted by atomic mass is 10.2. The van der Waals surface area contributed by atoms with Gasteiger partial charge in [0.1, 0.15) is 0 Å². The van der Waals surface area contributed by atoms with Crippen molar-refractivity contribution in [3.05, 3.63) is 12.7 Å². The van der Waals surface area contributed by atoms with Crippen LogP contribution in [-0.4, -0.2) is 29.0 Å². The molecule has 0 unspecified atom stereocenters. The van der Waals surface area contributed by atoms with Crippen LogP contribution in [0.4, 0.5) is 0 Å². The zero-order chi connectivity index (χ0) is 6.57. The van der Waals surface area contributed by atoms with Crippen molar-refractivity contribution in [2.75, 3.05) is 6.54 Å². The van der Waals surface area contributed by atoms with Gasteiger partial charge < -0.3 is 15.9 Å². The molecule has 0 saturated carbocycles. The normalized spacial score (nSPS) is 15.4. The summed E-state index contributed by atoms with van der Waals surface area (Å²) in [5.41, 5.74) is 4.99. The van der Waals surface area contributed by atoms with E-state index in [1.54, 1.807) is 0 Å². The topological polar surface area (TPSA) is 66.5 Å². The van der Waals surface area contributed by atoms with E-state index >= 15 is 0 Å². The van der Waals surface area contributed by atoms with Gasteiger partial charge in [0.25, 0.3) is 0 Å². The zero-order valence-electron chi connectivity index (χ0n) is 5.03. The maximum Gasteiger partial charge on any atom is 0.0989 e. The Morgan fingerprint density at radius 2 is 2.00 bits per heavy atom. The summed E-state index contributed by atoms with van der Waals surface area (Å²) in [6.07, 6.45) is -0.509. The van der Waals surface area contributed by atoms with Crippen molar-refractivity contribution in [3.63, 3.8) is 0 Å². The van der Waals surface area contributed by atoms with Crippen molar-refractivity contribution < 1.29 is 10.2 Å². The predicted octanol–water partition coefficient (Wildman–Crippen LogP) is -0.725. The monoisotopic (exact) mass is 153 g/mol. The van der Waals surface area contributed by atoms with Crippen molar-refractivity contribution in [2.24, 2.45) is 5.73 Å². The van der Waals surface area contributed by atoms with E-state index < -0.39 is 12.2 Å². The smallest absolute Gasteiger partial charge is 0.0989 e. The maximum atomic E-state index is 8.68. The largest absolute Gasteiger partial charge is 0.389 e. The average molecular weight is 154 g/mol. The second-order valence-electron chi connectivity index (χ2n) is 1.53. The van der Waals surface area contributed by atoms with Gasteiger partial charge in [0.05, 0.1) is 12.2 Å². The molecule has 0 amide bonds. The predicted molar refractivity (Wildman–Crippen MR) is 38.5 cm³/mol. The lowest BCUT2D eigenvalue weighted by Gasteiger charge is -2.09. The molecule has 0 radical (unpaired) electrons. The fourth-order valence-electron chi connectivity index (χ4n) is 0.297. The van der Waals surface area contributed by atoms with Crippen LogP contribution in [0.1, 0.15) is 0 Å². The van der Waals surface area contributed by atoms with E-state index in [-0.39, 0.29) is 19.0 Å². The lowest BCUT2D eigenvalue weighted by molar-refractivity contribution is 0.0552. The highest BCUT2D eigenvalue weighted by molar-refractivity contribution is 5.85. The third-order valence-corrected chi connectivity index (χ3v) is 0.877. The molecular formula is C5H12ClNO2. The van der Waals surface area contributed by atoms with Gasteiger partial charge in [0.2, 0.25) is 0 Å². The van der Waals surface area contributed by atoms with E-state index in [0.29, 0.717) is 0 Å². The minimum atomic E-state index is -0.889. The van der Waals surface area contributed by atoms with Crippen molar-refractivity contribution in [2.45, 2.75) is 12.2 Å². The van der Waals surface area contributed by atoms with Gasteiger partial charge in [-0.15, -0.1) is 19.0 Å². The first-order valence-corrected chi connectivity index (χ1v) is 2.41. The molecule has 0 fully saturated rings. The Balaban J connectivity index is 0. The van der Waals surface area contributed by atoms with Gasteiger partial charge in [0, 0.05) is 6.54 Å². The fourth-order valence-corrected chi connectivity index (χ4v) is 0.297. The molecule has 0 aromatic carbocycles. The number of hydrogen-bond donors (Lipinski definition) is 3. The van der Waals surface area contributed by atoms with Gasteiger partial charge in [0.15, 0.2) is 0 Å². The van der Waals surface area contributed by atoms with Crippen molar-refractivity contribution in [1.29, 1.82) is 0 Å². The molecule has 0 rings (SSSR count). The highest BCUT2D eigenvalue weighted by atomic mass is 35.5. The fraction of sp³-hybridized carbons (Fsp3) is 0.600. The Morgan fingerprint density at radius 3 is 2.11 bits per heavy atom. The Hall–Kier alpha value is -0.0900. The second kappa shape index (κ2) is 6.04. The maximum absolute atomic E-state index is 8.68. The highest BCUT2D eigenvalue weighted by Crippen LogP contribution is 1.89. The molecule has 0 aromatic rings. The van der Waals surface area contributed by atoms with Crippen LogP contribution in [0.3, 0.4) is 0 Å². The summed E-state index contributed by atoms with van der Waals surface area (Å²) in [6.45, 7) is 3.33. The van der Waals surface area contributed by atoms with Gasteiger partial charge in [-0.25, -0.2) is 0 Å². The number of aliphatic hydroxyl groups excluding tert-OH is 2. The molecule has 2 atom stereocenters. The van der Waals surface area contributed by atoms with Crippen LogP contribution in [0.15, 0.2) is 12.7 Å². The van der Waals surface area contributed by atoms with E-state index in [4.69, 9.17) is 15.9 Å². The molecule has 0 aliphatic carbocycles. The standard InChI is InChI=1S/C5H11NO2.ClH/c1-2-4(7)5(8)3-6;/h2,4-5,7-8H,1,3,6H2;1H/t4-,5+;/m0./s1.